The van der Waals surface area contributed by atoms with Gasteiger partial charge in [-0.05, 0) is 30.5 Å². The van der Waals surface area contributed by atoms with Crippen LogP contribution in [0.25, 0.3) is 0 Å². The van der Waals surface area contributed by atoms with Gasteiger partial charge in [-0.25, -0.2) is 0 Å². The third-order valence-electron chi connectivity index (χ3n) is 4.00. The van der Waals surface area contributed by atoms with Crippen molar-refractivity contribution in [3.8, 4) is 0 Å². The third kappa shape index (κ3) is 4.21. The van der Waals surface area contributed by atoms with Crippen LogP contribution in [0.1, 0.15) is 37.8 Å². The topological polar surface area (TPSA) is 75.4 Å². The van der Waals surface area contributed by atoms with Crippen LogP contribution in [0.5, 0.6) is 0 Å². The number of nitrogens with one attached hydrogen (secondary N) is 1. The number of nitrogens with zero attached hydrogens (tertiary/aromatic N) is 1. The van der Waals surface area contributed by atoms with Crippen molar-refractivity contribution in [3.63, 3.8) is 0 Å². The molecule has 0 radical (unpaired) electrons. The molecule has 120 valence electrons. The molecule has 0 saturated carbocycles. The molecule has 1 aliphatic heterocycles. The lowest BCUT2D eigenvalue weighted by atomic mass is 10.0. The van der Waals surface area contributed by atoms with Crippen LogP contribution in [0.15, 0.2) is 24.3 Å². The van der Waals surface area contributed by atoms with Gasteiger partial charge >= 0.3 is 0 Å². The number of rotatable bonds is 5. The van der Waals surface area contributed by atoms with Crippen LogP contribution in [0.4, 0.5) is 0 Å². The van der Waals surface area contributed by atoms with E-state index in [2.05, 4.69) is 5.32 Å². The van der Waals surface area contributed by atoms with E-state index >= 15 is 0 Å². The van der Waals surface area contributed by atoms with Crippen LogP contribution in [0.3, 0.4) is 0 Å². The summed E-state index contributed by atoms with van der Waals surface area (Å²) in [6.07, 6.45) is 2.17. The second-order valence-corrected chi connectivity index (χ2v) is 6.06. The quantitative estimate of drug-likeness (QED) is 0.868. The highest BCUT2D eigenvalue weighted by molar-refractivity contribution is 6.30. The molecule has 1 aliphatic rings. The number of halogens is 1. The molecule has 0 aliphatic carbocycles. The van der Waals surface area contributed by atoms with Gasteiger partial charge in [0.25, 0.3) is 0 Å². The SMILES string of the molecule is CC(=O)NC(CC(=O)N1CCCC1CN)c1ccc(Cl)cc1. The standard InChI is InChI=1S/C16H22ClN3O2/c1-11(21)19-15(12-4-6-13(17)7-5-12)9-16(22)20-8-2-3-14(20)10-18/h4-7,14-15H,2-3,8-10,18H2,1H3,(H,19,21). The van der Waals surface area contributed by atoms with E-state index in [1.807, 2.05) is 17.0 Å². The zero-order valence-corrected chi connectivity index (χ0v) is 13.5. The Kier molecular flexibility index (Phi) is 5.80. The van der Waals surface area contributed by atoms with Crippen LogP contribution in [0.2, 0.25) is 5.02 Å². The van der Waals surface area contributed by atoms with E-state index in [4.69, 9.17) is 17.3 Å². The van der Waals surface area contributed by atoms with Crippen molar-refractivity contribution < 1.29 is 9.59 Å². The highest BCUT2D eigenvalue weighted by atomic mass is 35.5. The predicted molar refractivity (Wildman–Crippen MR) is 86.4 cm³/mol. The van der Waals surface area contributed by atoms with E-state index in [0.717, 1.165) is 24.9 Å². The minimum Gasteiger partial charge on any atom is -0.349 e. The highest BCUT2D eigenvalue weighted by Crippen LogP contribution is 2.23. The normalized spacial score (nSPS) is 19.0. The highest BCUT2D eigenvalue weighted by Gasteiger charge is 2.29. The summed E-state index contributed by atoms with van der Waals surface area (Å²) in [5, 5.41) is 3.47. The molecule has 1 aromatic carbocycles. The number of amides is 2. The van der Waals surface area contributed by atoms with E-state index in [-0.39, 0.29) is 30.3 Å². The molecule has 1 fully saturated rings. The van der Waals surface area contributed by atoms with Crippen LogP contribution >= 0.6 is 11.6 Å². The molecule has 2 unspecified atom stereocenters. The van der Waals surface area contributed by atoms with Crippen molar-refractivity contribution in [2.24, 2.45) is 5.73 Å². The van der Waals surface area contributed by atoms with Gasteiger partial charge in [0.1, 0.15) is 0 Å². The molecular weight excluding hydrogens is 302 g/mol. The predicted octanol–water partition coefficient (Wildman–Crippen LogP) is 1.86. The van der Waals surface area contributed by atoms with Gasteiger partial charge in [0, 0.05) is 31.1 Å². The van der Waals surface area contributed by atoms with E-state index in [9.17, 15) is 9.59 Å². The fraction of sp³-hybridized carbons (Fsp3) is 0.500. The van der Waals surface area contributed by atoms with Gasteiger partial charge in [0.15, 0.2) is 0 Å². The van der Waals surface area contributed by atoms with Crippen molar-refractivity contribution in [1.82, 2.24) is 10.2 Å². The van der Waals surface area contributed by atoms with Gasteiger partial charge in [-0.2, -0.15) is 0 Å². The van der Waals surface area contributed by atoms with Gasteiger partial charge in [0.2, 0.25) is 11.8 Å². The van der Waals surface area contributed by atoms with E-state index in [0.29, 0.717) is 11.6 Å². The zero-order chi connectivity index (χ0) is 16.1. The second kappa shape index (κ2) is 7.61. The fourth-order valence-corrected chi connectivity index (χ4v) is 3.02. The first-order valence-corrected chi connectivity index (χ1v) is 7.91. The van der Waals surface area contributed by atoms with Crippen LogP contribution in [-0.4, -0.2) is 35.8 Å². The molecule has 0 spiro atoms. The zero-order valence-electron chi connectivity index (χ0n) is 12.7. The first kappa shape index (κ1) is 16.8. The summed E-state index contributed by atoms with van der Waals surface area (Å²) in [6, 6.07) is 6.96. The van der Waals surface area contributed by atoms with Crippen molar-refractivity contribution in [1.29, 1.82) is 0 Å². The summed E-state index contributed by atoms with van der Waals surface area (Å²) < 4.78 is 0. The Hall–Kier alpha value is -1.59. The maximum atomic E-state index is 12.5. The summed E-state index contributed by atoms with van der Waals surface area (Å²) in [5.41, 5.74) is 6.59. The van der Waals surface area contributed by atoms with Crippen molar-refractivity contribution >= 4 is 23.4 Å². The molecule has 2 amide bonds. The number of hydrogen-bond donors (Lipinski definition) is 2. The van der Waals surface area contributed by atoms with Crippen molar-refractivity contribution in [2.45, 2.75) is 38.3 Å². The minimum absolute atomic E-state index is 0.0293. The van der Waals surface area contributed by atoms with E-state index in [1.165, 1.54) is 6.92 Å². The first-order valence-electron chi connectivity index (χ1n) is 7.53. The Bertz CT molecular complexity index is 533. The monoisotopic (exact) mass is 323 g/mol. The Morgan fingerprint density at radius 3 is 2.68 bits per heavy atom. The molecule has 0 bridgehead atoms. The molecule has 1 saturated heterocycles. The van der Waals surface area contributed by atoms with Gasteiger partial charge in [-0.15, -0.1) is 0 Å². The lowest BCUT2D eigenvalue weighted by Gasteiger charge is -2.26. The maximum Gasteiger partial charge on any atom is 0.225 e. The molecule has 2 atom stereocenters. The molecular formula is C16H22ClN3O2. The molecule has 5 nitrogen and oxygen atoms in total. The van der Waals surface area contributed by atoms with Crippen LogP contribution in [0, 0.1) is 0 Å². The largest absolute Gasteiger partial charge is 0.349 e. The summed E-state index contributed by atoms with van der Waals surface area (Å²) in [6.45, 7) is 2.68. The number of benzene rings is 1. The maximum absolute atomic E-state index is 12.5. The Morgan fingerprint density at radius 1 is 1.41 bits per heavy atom. The van der Waals surface area contributed by atoms with Gasteiger partial charge < -0.3 is 16.0 Å². The Balaban J connectivity index is 2.10. The molecule has 22 heavy (non-hydrogen) atoms. The van der Waals surface area contributed by atoms with Crippen LogP contribution in [-0.2, 0) is 9.59 Å². The Morgan fingerprint density at radius 2 is 2.09 bits per heavy atom. The third-order valence-corrected chi connectivity index (χ3v) is 4.25. The fourth-order valence-electron chi connectivity index (χ4n) is 2.89. The van der Waals surface area contributed by atoms with Crippen LogP contribution < -0.4 is 11.1 Å². The average molecular weight is 324 g/mol. The summed E-state index contributed by atoms with van der Waals surface area (Å²) >= 11 is 5.89. The molecule has 2 rings (SSSR count). The number of carbonyl (C=O) groups excluding carboxylic acids is 2. The molecule has 1 heterocycles. The number of hydrogen-bond acceptors (Lipinski definition) is 3. The summed E-state index contributed by atoms with van der Waals surface area (Å²) in [7, 11) is 0. The number of likely N-dealkylation sites (tertiary alicyclic amines) is 1. The minimum atomic E-state index is -0.346. The lowest BCUT2D eigenvalue weighted by Crippen LogP contribution is -2.41. The summed E-state index contributed by atoms with van der Waals surface area (Å²) in [5.74, 6) is -0.133. The van der Waals surface area contributed by atoms with E-state index in [1.54, 1.807) is 12.1 Å². The molecule has 3 N–H and O–H groups in total. The van der Waals surface area contributed by atoms with E-state index < -0.39 is 0 Å². The smallest absolute Gasteiger partial charge is 0.225 e. The lowest BCUT2D eigenvalue weighted by molar-refractivity contribution is -0.132. The van der Waals surface area contributed by atoms with Crippen molar-refractivity contribution in [2.75, 3.05) is 13.1 Å². The number of nitrogens with two attached hydrogens (primary N) is 1. The summed E-state index contributed by atoms with van der Waals surface area (Å²) in [4.78, 5) is 25.8. The van der Waals surface area contributed by atoms with Crippen molar-refractivity contribution in [3.05, 3.63) is 34.9 Å². The first-order chi connectivity index (χ1) is 10.5. The van der Waals surface area contributed by atoms with Gasteiger partial charge in [-0.1, -0.05) is 23.7 Å². The molecule has 1 aromatic rings. The number of carbonyl (C=O) groups is 2. The Labute approximate surface area is 135 Å². The van der Waals surface area contributed by atoms with Gasteiger partial charge in [-0.3, -0.25) is 9.59 Å². The molecule has 6 heteroatoms. The second-order valence-electron chi connectivity index (χ2n) is 5.63. The average Bonchev–Trinajstić information content (AvgIpc) is 2.95. The van der Waals surface area contributed by atoms with Gasteiger partial charge in [0.05, 0.1) is 12.5 Å². The molecule has 0 aromatic heterocycles.